The second-order valence-corrected chi connectivity index (χ2v) is 7.67. The van der Waals surface area contributed by atoms with Crippen LogP contribution in [0.4, 0.5) is 17.6 Å². The Bertz CT molecular complexity index is 549. The molecular weight excluding hydrogens is 1140 g/mol. The third kappa shape index (κ3) is 47.3. The van der Waals surface area contributed by atoms with Crippen molar-refractivity contribution in [3.63, 3.8) is 0 Å². The van der Waals surface area contributed by atoms with Crippen molar-refractivity contribution in [3.05, 3.63) is 0 Å². The number of nitrogens with zero attached hydrogens (tertiary/aromatic N) is 2. The summed E-state index contributed by atoms with van der Waals surface area (Å²) in [4.78, 5) is 5.02. The van der Waals surface area contributed by atoms with Crippen LogP contribution >= 0.6 is 47.8 Å². The minimum Gasteiger partial charge on any atom is -0.453 e. The van der Waals surface area contributed by atoms with E-state index in [1.165, 1.54) is 34.6 Å². The van der Waals surface area contributed by atoms with E-state index in [1.54, 1.807) is 4.98 Å². The van der Waals surface area contributed by atoms with Gasteiger partial charge in [-0.3, -0.25) is 0 Å². The van der Waals surface area contributed by atoms with Crippen LogP contribution in [0.15, 0.2) is 4.99 Å². The van der Waals surface area contributed by atoms with Gasteiger partial charge < -0.3 is 21.3 Å². The summed E-state index contributed by atoms with van der Waals surface area (Å²) < 4.78 is 57.4. The standard InChI is InChI=1S/C7H12F2N2O.C7H15F2NO.5C2H6.CBrN.2CH3Br.4CH4.2W/c1-4-7(8,9)6(2,3)12-5(10)11-4;1-5(2,10)7(8,9)6(3,4)11;5*1-2;2-1-3;2*1-2;;;;;;/h4H,1-3H3,(H2,10,11);11H,10H2,1-4H3;5*1-2H3;;2*1H3;4*1H4;;. The Morgan fingerprint density at radius 3 is 1.11 bits per heavy atom. The zero-order valence-electron chi connectivity index (χ0n) is 29.4. The van der Waals surface area contributed by atoms with Crippen LogP contribution in [0.2, 0.25) is 0 Å². The van der Waals surface area contributed by atoms with Gasteiger partial charge in [-0.05, 0) is 60.1 Å². The SMILES string of the molecule is C.C.C.C.CBr.CBr.CC.CC.CC.CC.CC.CC(C)(N)C(F)(F)C(C)(C)O.CC1N=C(N)OC(C)(C)C1(F)F.N#CBr.[W].[W]. The maximum absolute atomic E-state index is 13.3. The van der Waals surface area contributed by atoms with Crippen LogP contribution in [0.5, 0.6) is 0 Å². The van der Waals surface area contributed by atoms with E-state index in [0.717, 1.165) is 13.8 Å². The van der Waals surface area contributed by atoms with Gasteiger partial charge in [-0.2, -0.15) is 14.0 Å². The smallest absolute Gasteiger partial charge is 0.308 e. The van der Waals surface area contributed by atoms with Gasteiger partial charge in [-0.25, -0.2) is 13.8 Å². The Morgan fingerprint density at radius 2 is 1.00 bits per heavy atom. The fourth-order valence-corrected chi connectivity index (χ4v) is 1.92. The molecular formula is C31H79Br3F4N4O2W2. The van der Waals surface area contributed by atoms with Gasteiger partial charge in [-0.1, -0.05) is 131 Å². The number of alkyl halides is 6. The first kappa shape index (κ1) is 97.2. The van der Waals surface area contributed by atoms with Crippen molar-refractivity contribution < 1.29 is 69.5 Å². The Balaban J connectivity index is -0.0000000201. The average molecular weight is 1220 g/mol. The second-order valence-electron chi connectivity index (χ2n) is 7.32. The van der Waals surface area contributed by atoms with Crippen LogP contribution in [-0.2, 0) is 46.9 Å². The molecule has 0 aromatic carbocycles. The number of aliphatic imine (C=N–C) groups is 1. The Morgan fingerprint density at radius 1 is 0.804 bits per heavy atom. The quantitative estimate of drug-likeness (QED) is 0.188. The molecule has 1 heterocycles. The number of rotatable bonds is 2. The average Bonchev–Trinajstić information content (AvgIpc) is 2.90. The molecule has 0 fully saturated rings. The number of hydrogen-bond donors (Lipinski definition) is 3. The number of aliphatic hydroxyl groups is 1. The summed E-state index contributed by atoms with van der Waals surface area (Å²) in [5.41, 5.74) is 5.05. The molecule has 0 aromatic rings. The number of ether oxygens (including phenoxy) is 1. The normalized spacial score (nSPS) is 13.1. The van der Waals surface area contributed by atoms with Crippen LogP contribution in [-0.4, -0.2) is 57.4 Å². The predicted molar refractivity (Wildman–Crippen MR) is 209 cm³/mol. The van der Waals surface area contributed by atoms with Crippen molar-refractivity contribution in [1.82, 2.24) is 0 Å². The maximum atomic E-state index is 13.3. The molecule has 0 saturated carbocycles. The number of nitrogens with two attached hydrogens (primary N) is 2. The third-order valence-electron chi connectivity index (χ3n) is 3.59. The fourth-order valence-electron chi connectivity index (χ4n) is 1.92. The minimum absolute atomic E-state index is 0. The molecule has 0 bridgehead atoms. The Hall–Kier alpha value is 1.22. The Labute approximate surface area is 341 Å². The molecule has 6 nitrogen and oxygen atoms in total. The number of halogens is 7. The predicted octanol–water partition coefficient (Wildman–Crippen LogP) is 12.8. The molecule has 1 unspecified atom stereocenters. The van der Waals surface area contributed by atoms with E-state index in [-0.39, 0.29) is 77.9 Å². The van der Waals surface area contributed by atoms with E-state index in [4.69, 9.17) is 26.6 Å². The zero-order chi connectivity index (χ0) is 35.8. The van der Waals surface area contributed by atoms with Crippen molar-refractivity contribution in [3.8, 4) is 4.98 Å². The summed E-state index contributed by atoms with van der Waals surface area (Å²) in [6.45, 7) is 28.4. The van der Waals surface area contributed by atoms with Crippen LogP contribution in [0, 0.1) is 10.2 Å². The van der Waals surface area contributed by atoms with E-state index in [9.17, 15) is 17.6 Å². The van der Waals surface area contributed by atoms with Gasteiger partial charge >= 0.3 is 5.92 Å². The molecule has 1 rings (SSSR count). The fraction of sp³-hybridized carbons (Fsp3) is 0.935. The van der Waals surface area contributed by atoms with Crippen molar-refractivity contribution in [2.24, 2.45) is 16.5 Å². The number of amidine groups is 1. The van der Waals surface area contributed by atoms with Gasteiger partial charge in [0.25, 0.3) is 11.9 Å². The van der Waals surface area contributed by atoms with Gasteiger partial charge in [0.15, 0.2) is 5.60 Å². The first-order chi connectivity index (χ1) is 18.2. The molecule has 0 aliphatic carbocycles. The van der Waals surface area contributed by atoms with Crippen molar-refractivity contribution in [2.75, 3.05) is 11.7 Å². The molecule has 0 aromatic heterocycles. The van der Waals surface area contributed by atoms with E-state index >= 15 is 0 Å². The third-order valence-corrected chi connectivity index (χ3v) is 3.59. The summed E-state index contributed by atoms with van der Waals surface area (Å²) in [6, 6.07) is -1.29. The molecule has 1 atom stereocenters. The van der Waals surface area contributed by atoms with Crippen molar-refractivity contribution in [2.45, 2.75) is 182 Å². The van der Waals surface area contributed by atoms with Crippen LogP contribution < -0.4 is 11.5 Å². The molecule has 0 spiro atoms. The largest absolute Gasteiger partial charge is 0.453 e. The summed E-state index contributed by atoms with van der Waals surface area (Å²) >= 11 is 8.33. The monoisotopic (exact) mass is 1220 g/mol. The van der Waals surface area contributed by atoms with Crippen LogP contribution in [0.25, 0.3) is 0 Å². The number of nitriles is 1. The topological polar surface area (TPSA) is 118 Å². The van der Waals surface area contributed by atoms with Crippen LogP contribution in [0.1, 0.15) is 147 Å². The molecule has 0 saturated heterocycles. The van der Waals surface area contributed by atoms with E-state index in [2.05, 4.69) is 52.8 Å². The minimum atomic E-state index is -3.29. The molecule has 0 radical (unpaired) electrons. The second kappa shape index (κ2) is 58.4. The maximum Gasteiger partial charge on any atom is 0.308 e. The summed E-state index contributed by atoms with van der Waals surface area (Å²) in [7, 11) is 0. The van der Waals surface area contributed by atoms with Crippen molar-refractivity contribution in [1.29, 1.82) is 5.26 Å². The molecule has 0 amide bonds. The molecule has 296 valence electrons. The van der Waals surface area contributed by atoms with Gasteiger partial charge in [-0.15, -0.1) is 0 Å². The van der Waals surface area contributed by atoms with Gasteiger partial charge in [0.05, 0.1) is 5.54 Å². The van der Waals surface area contributed by atoms with Crippen molar-refractivity contribution >= 4 is 53.8 Å². The molecule has 46 heavy (non-hydrogen) atoms. The first-order valence-corrected chi connectivity index (χ1v) is 17.2. The van der Waals surface area contributed by atoms with Gasteiger partial charge in [0.1, 0.15) is 16.6 Å². The van der Waals surface area contributed by atoms with E-state index in [1.807, 2.05) is 80.9 Å². The van der Waals surface area contributed by atoms with E-state index in [0.29, 0.717) is 0 Å². The number of hydrogen-bond acceptors (Lipinski definition) is 6. The molecule has 1 aliphatic rings. The zero-order valence-corrected chi connectivity index (χ0v) is 40.1. The summed E-state index contributed by atoms with van der Waals surface area (Å²) in [5.74, 6) is -2.64. The van der Waals surface area contributed by atoms with Crippen LogP contribution in [0.3, 0.4) is 0 Å². The molecule has 5 N–H and O–H groups in total. The Kier molecular flexibility index (Phi) is 123. The summed E-state index contributed by atoms with van der Waals surface area (Å²) in [5, 5.41) is 16.3. The summed E-state index contributed by atoms with van der Waals surface area (Å²) in [6.07, 6.45) is 0. The first-order valence-electron chi connectivity index (χ1n) is 13.2. The van der Waals surface area contributed by atoms with Gasteiger partial charge in [0.2, 0.25) is 0 Å². The van der Waals surface area contributed by atoms with E-state index < -0.39 is 34.6 Å². The molecule has 1 aliphatic heterocycles. The van der Waals surface area contributed by atoms with Gasteiger partial charge in [0, 0.05) is 58.1 Å². The molecule has 15 heteroatoms.